The fourth-order valence-corrected chi connectivity index (χ4v) is 2.26. The molecule has 5 heteroatoms. The highest BCUT2D eigenvalue weighted by atomic mass is 16.3. The van der Waals surface area contributed by atoms with Gasteiger partial charge in [-0.2, -0.15) is 0 Å². The predicted octanol–water partition coefficient (Wildman–Crippen LogP) is 0.895. The van der Waals surface area contributed by atoms with Crippen LogP contribution in [0.2, 0.25) is 0 Å². The first kappa shape index (κ1) is 10.4. The molecule has 1 N–H and O–H groups in total. The second-order valence-electron chi connectivity index (χ2n) is 4.37. The van der Waals surface area contributed by atoms with Crippen LogP contribution >= 0.6 is 0 Å². The van der Waals surface area contributed by atoms with Crippen molar-refractivity contribution in [3.63, 3.8) is 0 Å². The molecule has 3 rings (SSSR count). The van der Waals surface area contributed by atoms with Crippen LogP contribution in [0.1, 0.15) is 12.2 Å². The highest BCUT2D eigenvalue weighted by Gasteiger charge is 2.22. The van der Waals surface area contributed by atoms with Crippen LogP contribution in [-0.4, -0.2) is 31.5 Å². The van der Waals surface area contributed by atoms with Crippen molar-refractivity contribution < 1.29 is 5.11 Å². The second-order valence-corrected chi connectivity index (χ2v) is 4.37. The van der Waals surface area contributed by atoms with Crippen LogP contribution in [0.15, 0.2) is 24.5 Å². The summed E-state index contributed by atoms with van der Waals surface area (Å²) in [5, 5.41) is 17.6. The quantitative estimate of drug-likeness (QED) is 0.832. The number of pyridine rings is 1. The molecular weight excluding hydrogens is 216 g/mol. The van der Waals surface area contributed by atoms with Crippen molar-refractivity contribution >= 4 is 0 Å². The third-order valence-electron chi connectivity index (χ3n) is 3.26. The molecule has 17 heavy (non-hydrogen) atoms. The van der Waals surface area contributed by atoms with Gasteiger partial charge in [0, 0.05) is 37.5 Å². The Hall–Kier alpha value is -1.75. The molecule has 0 saturated heterocycles. The lowest BCUT2D eigenvalue weighted by atomic mass is 9.99. The summed E-state index contributed by atoms with van der Waals surface area (Å²) in [5.41, 5.74) is 1.04. The minimum atomic E-state index is 0.234. The second kappa shape index (κ2) is 4.25. The normalized spacial score (nSPS) is 19.0. The van der Waals surface area contributed by atoms with Gasteiger partial charge in [-0.1, -0.05) is 0 Å². The maximum Gasteiger partial charge on any atom is 0.164 e. The van der Waals surface area contributed by atoms with Crippen molar-refractivity contribution in [2.75, 3.05) is 6.61 Å². The Bertz CT molecular complexity index is 508. The van der Waals surface area contributed by atoms with Gasteiger partial charge in [-0.05, 0) is 24.5 Å². The van der Waals surface area contributed by atoms with Crippen LogP contribution in [0, 0.1) is 5.92 Å². The molecule has 0 bridgehead atoms. The average molecular weight is 230 g/mol. The number of rotatable bonds is 2. The monoisotopic (exact) mass is 230 g/mol. The fraction of sp³-hybridized carbons (Fsp3) is 0.417. The van der Waals surface area contributed by atoms with E-state index in [9.17, 15) is 5.11 Å². The lowest BCUT2D eigenvalue weighted by Crippen LogP contribution is -2.22. The first-order valence-electron chi connectivity index (χ1n) is 5.82. The molecule has 1 unspecified atom stereocenters. The molecule has 5 nitrogen and oxygen atoms in total. The van der Waals surface area contributed by atoms with Crippen LogP contribution < -0.4 is 0 Å². The van der Waals surface area contributed by atoms with Gasteiger partial charge in [-0.3, -0.25) is 4.98 Å². The summed E-state index contributed by atoms with van der Waals surface area (Å²) < 4.78 is 2.14. The number of aromatic nitrogens is 4. The zero-order valence-corrected chi connectivity index (χ0v) is 9.45. The van der Waals surface area contributed by atoms with Crippen molar-refractivity contribution in [3.05, 3.63) is 30.4 Å². The molecule has 0 saturated carbocycles. The fourth-order valence-electron chi connectivity index (χ4n) is 2.26. The van der Waals surface area contributed by atoms with E-state index in [1.54, 1.807) is 12.4 Å². The van der Waals surface area contributed by atoms with E-state index in [4.69, 9.17) is 0 Å². The molecule has 1 aliphatic rings. The SMILES string of the molecule is OCC1CCn2c(nnc2-c2ccncc2)C1. The van der Waals surface area contributed by atoms with Crippen LogP contribution in [0.3, 0.4) is 0 Å². The third kappa shape index (κ3) is 1.82. The molecule has 88 valence electrons. The Balaban J connectivity index is 1.97. The Kier molecular flexibility index (Phi) is 2.60. The Morgan fingerprint density at radius 2 is 2.12 bits per heavy atom. The number of fused-ring (bicyclic) bond motifs is 1. The Morgan fingerprint density at radius 3 is 2.88 bits per heavy atom. The summed E-state index contributed by atoms with van der Waals surface area (Å²) in [6.07, 6.45) is 5.32. The minimum absolute atomic E-state index is 0.234. The van der Waals surface area contributed by atoms with Crippen molar-refractivity contribution in [2.24, 2.45) is 5.92 Å². The van der Waals surface area contributed by atoms with E-state index >= 15 is 0 Å². The molecule has 0 spiro atoms. The summed E-state index contributed by atoms with van der Waals surface area (Å²) in [7, 11) is 0. The molecule has 1 aliphatic heterocycles. The number of hydrogen-bond acceptors (Lipinski definition) is 4. The molecule has 0 aromatic carbocycles. The van der Waals surface area contributed by atoms with Gasteiger partial charge in [0.15, 0.2) is 5.82 Å². The van der Waals surface area contributed by atoms with Crippen LogP contribution in [-0.2, 0) is 13.0 Å². The van der Waals surface area contributed by atoms with E-state index in [-0.39, 0.29) is 6.61 Å². The number of aliphatic hydroxyl groups excluding tert-OH is 1. The zero-order valence-electron chi connectivity index (χ0n) is 9.45. The maximum absolute atomic E-state index is 9.17. The Labute approximate surface area is 99.1 Å². The van der Waals surface area contributed by atoms with E-state index < -0.39 is 0 Å². The number of nitrogens with zero attached hydrogens (tertiary/aromatic N) is 4. The molecule has 2 aromatic rings. The largest absolute Gasteiger partial charge is 0.396 e. The van der Waals surface area contributed by atoms with Crippen LogP contribution in [0.4, 0.5) is 0 Å². The first-order chi connectivity index (χ1) is 8.38. The van der Waals surface area contributed by atoms with E-state index in [0.29, 0.717) is 5.92 Å². The maximum atomic E-state index is 9.17. The van der Waals surface area contributed by atoms with Gasteiger partial charge in [0.1, 0.15) is 5.82 Å². The minimum Gasteiger partial charge on any atom is -0.396 e. The van der Waals surface area contributed by atoms with E-state index in [0.717, 1.165) is 36.6 Å². The lowest BCUT2D eigenvalue weighted by Gasteiger charge is -2.21. The topological polar surface area (TPSA) is 63.8 Å². The van der Waals surface area contributed by atoms with Crippen molar-refractivity contribution in [1.29, 1.82) is 0 Å². The molecule has 0 amide bonds. The van der Waals surface area contributed by atoms with E-state index in [1.165, 1.54) is 0 Å². The molecule has 0 aliphatic carbocycles. The smallest absolute Gasteiger partial charge is 0.164 e. The van der Waals surface area contributed by atoms with Gasteiger partial charge in [0.05, 0.1) is 0 Å². The van der Waals surface area contributed by atoms with Gasteiger partial charge in [-0.25, -0.2) is 0 Å². The predicted molar refractivity (Wildman–Crippen MR) is 62.1 cm³/mol. The van der Waals surface area contributed by atoms with Crippen molar-refractivity contribution in [2.45, 2.75) is 19.4 Å². The zero-order chi connectivity index (χ0) is 11.7. The molecule has 3 heterocycles. The van der Waals surface area contributed by atoms with Gasteiger partial charge in [0.2, 0.25) is 0 Å². The highest BCUT2D eigenvalue weighted by molar-refractivity contribution is 5.54. The van der Waals surface area contributed by atoms with Crippen LogP contribution in [0.5, 0.6) is 0 Å². The van der Waals surface area contributed by atoms with Crippen molar-refractivity contribution in [3.8, 4) is 11.4 Å². The Morgan fingerprint density at radius 1 is 1.29 bits per heavy atom. The summed E-state index contributed by atoms with van der Waals surface area (Å²) >= 11 is 0. The summed E-state index contributed by atoms with van der Waals surface area (Å²) in [6, 6.07) is 3.88. The summed E-state index contributed by atoms with van der Waals surface area (Å²) in [6.45, 7) is 1.11. The van der Waals surface area contributed by atoms with Gasteiger partial charge >= 0.3 is 0 Å². The third-order valence-corrected chi connectivity index (χ3v) is 3.26. The van der Waals surface area contributed by atoms with Gasteiger partial charge in [0.25, 0.3) is 0 Å². The van der Waals surface area contributed by atoms with E-state index in [1.807, 2.05) is 12.1 Å². The highest BCUT2D eigenvalue weighted by Crippen LogP contribution is 2.24. The van der Waals surface area contributed by atoms with E-state index in [2.05, 4.69) is 19.7 Å². The molecule has 0 radical (unpaired) electrons. The molecular formula is C12H14N4O. The van der Waals surface area contributed by atoms with Gasteiger partial charge < -0.3 is 9.67 Å². The summed E-state index contributed by atoms with van der Waals surface area (Å²) in [4.78, 5) is 4.00. The van der Waals surface area contributed by atoms with Gasteiger partial charge in [-0.15, -0.1) is 10.2 Å². The van der Waals surface area contributed by atoms with Crippen LogP contribution in [0.25, 0.3) is 11.4 Å². The lowest BCUT2D eigenvalue weighted by molar-refractivity contribution is 0.199. The number of hydrogen-bond donors (Lipinski definition) is 1. The standard InChI is InChI=1S/C12H14N4O/c17-8-9-3-6-16-11(7-9)14-15-12(16)10-1-4-13-5-2-10/h1-2,4-5,9,17H,3,6-8H2. The molecule has 0 fully saturated rings. The number of aliphatic hydroxyl groups is 1. The average Bonchev–Trinajstić information content (AvgIpc) is 2.82. The summed E-state index contributed by atoms with van der Waals surface area (Å²) in [5.74, 6) is 2.21. The van der Waals surface area contributed by atoms with Crippen molar-refractivity contribution in [1.82, 2.24) is 19.7 Å². The first-order valence-corrected chi connectivity index (χ1v) is 5.82. The molecule has 1 atom stereocenters. The molecule has 2 aromatic heterocycles.